The lowest BCUT2D eigenvalue weighted by Gasteiger charge is -1.97. The van der Waals surface area contributed by atoms with Gasteiger partial charge in [-0.05, 0) is 6.92 Å². The molecule has 0 spiro atoms. The lowest BCUT2D eigenvalue weighted by molar-refractivity contribution is -0.0801. The largest absolute Gasteiger partial charge is 0.411 e. The number of nitrogens with one attached hydrogen (secondary N) is 1. The van der Waals surface area contributed by atoms with Gasteiger partial charge in [0.05, 0.1) is 0 Å². The first-order valence-corrected chi connectivity index (χ1v) is 2.54. The average Bonchev–Trinajstić information content (AvgIpc) is 1.63. The maximum atomic E-state index is 11.3. The van der Waals surface area contributed by atoms with E-state index in [1.165, 1.54) is 0 Å². The van der Waals surface area contributed by atoms with E-state index < -0.39 is 6.18 Å². The molecule has 0 aliphatic heterocycles. The molecular weight excluding hydrogens is 131 g/mol. The molecular formula is C5H8F3N. The van der Waals surface area contributed by atoms with Gasteiger partial charge in [0.1, 0.15) is 0 Å². The molecule has 0 aromatic rings. The molecule has 0 heterocycles. The van der Waals surface area contributed by atoms with Gasteiger partial charge in [0.25, 0.3) is 0 Å². The molecule has 0 aliphatic rings. The molecule has 0 saturated carbocycles. The van der Waals surface area contributed by atoms with Crippen molar-refractivity contribution >= 4 is 0 Å². The highest BCUT2D eigenvalue weighted by atomic mass is 19.4. The molecule has 4 heteroatoms. The van der Waals surface area contributed by atoms with E-state index in [9.17, 15) is 13.2 Å². The maximum Gasteiger partial charge on any atom is 0.411 e. The van der Waals surface area contributed by atoms with Crippen LogP contribution in [0.2, 0.25) is 0 Å². The first-order valence-electron chi connectivity index (χ1n) is 2.54. The van der Waals surface area contributed by atoms with Gasteiger partial charge < -0.3 is 5.32 Å². The van der Waals surface area contributed by atoms with Crippen LogP contribution in [0.1, 0.15) is 6.92 Å². The second-order valence-corrected chi connectivity index (χ2v) is 1.43. The highest BCUT2D eigenvalue weighted by Crippen LogP contribution is 2.14. The van der Waals surface area contributed by atoms with Crippen LogP contribution < -0.4 is 5.32 Å². The van der Waals surface area contributed by atoms with E-state index in [4.69, 9.17) is 0 Å². The van der Waals surface area contributed by atoms with Gasteiger partial charge in [-0.1, -0.05) is 0 Å². The van der Waals surface area contributed by atoms with Gasteiger partial charge in [-0.15, -0.1) is 0 Å². The van der Waals surface area contributed by atoms with E-state index in [1.54, 1.807) is 6.92 Å². The number of hydrogen-bond acceptors (Lipinski definition) is 1. The van der Waals surface area contributed by atoms with Gasteiger partial charge in [-0.25, -0.2) is 0 Å². The number of alkyl halides is 3. The van der Waals surface area contributed by atoms with Crippen molar-refractivity contribution in [3.8, 4) is 0 Å². The van der Waals surface area contributed by atoms with Crippen molar-refractivity contribution in [1.29, 1.82) is 0 Å². The minimum absolute atomic E-state index is 0.163. The summed E-state index contributed by atoms with van der Waals surface area (Å²) >= 11 is 0. The fourth-order valence-corrected chi connectivity index (χ4v) is 0.271. The van der Waals surface area contributed by atoms with Crippen LogP contribution in [-0.4, -0.2) is 12.7 Å². The predicted molar refractivity (Wildman–Crippen MR) is 28.9 cm³/mol. The van der Waals surface area contributed by atoms with Gasteiger partial charge in [-0.3, -0.25) is 0 Å². The molecule has 9 heavy (non-hydrogen) atoms. The Balaban J connectivity index is 3.45. The van der Waals surface area contributed by atoms with Crippen LogP contribution in [0.25, 0.3) is 0 Å². The Morgan fingerprint density at radius 2 is 2.00 bits per heavy atom. The Bertz CT molecular complexity index is 94.9. The predicted octanol–water partition coefficient (Wildman–Crippen LogP) is 1.67. The first kappa shape index (κ1) is 8.33. The fourth-order valence-electron chi connectivity index (χ4n) is 0.271. The van der Waals surface area contributed by atoms with Gasteiger partial charge in [-0.2, -0.15) is 13.2 Å². The second kappa shape index (κ2) is 3.37. The quantitative estimate of drug-likeness (QED) is 0.613. The van der Waals surface area contributed by atoms with Crippen LogP contribution in [0.15, 0.2) is 12.3 Å². The van der Waals surface area contributed by atoms with E-state index in [2.05, 4.69) is 5.32 Å². The molecule has 0 aromatic carbocycles. The van der Waals surface area contributed by atoms with E-state index in [-0.39, 0.29) is 6.08 Å². The van der Waals surface area contributed by atoms with E-state index in [0.29, 0.717) is 6.54 Å². The third kappa shape index (κ3) is 7.33. The summed E-state index contributed by atoms with van der Waals surface area (Å²) in [7, 11) is 0. The van der Waals surface area contributed by atoms with Crippen molar-refractivity contribution in [3.63, 3.8) is 0 Å². The van der Waals surface area contributed by atoms with Crippen LogP contribution in [0.5, 0.6) is 0 Å². The van der Waals surface area contributed by atoms with Crippen LogP contribution in [0.4, 0.5) is 13.2 Å². The lowest BCUT2D eigenvalue weighted by Crippen LogP contribution is -2.07. The standard InChI is InChI=1S/C5H8F3N/c1-2-9-4-3-5(6,7)8/h3-4,9H,2H2,1H3/b4-3+. The molecule has 1 N–H and O–H groups in total. The summed E-state index contributed by atoms with van der Waals surface area (Å²) in [5.74, 6) is 0. The number of rotatable bonds is 2. The first-order chi connectivity index (χ1) is 4.06. The number of halogens is 3. The monoisotopic (exact) mass is 139 g/mol. The summed E-state index contributed by atoms with van der Waals surface area (Å²) in [5.41, 5.74) is 0. The maximum absolute atomic E-state index is 11.3. The summed E-state index contributed by atoms with van der Waals surface area (Å²) in [4.78, 5) is 0. The topological polar surface area (TPSA) is 12.0 Å². The van der Waals surface area contributed by atoms with Crippen molar-refractivity contribution < 1.29 is 13.2 Å². The van der Waals surface area contributed by atoms with Crippen molar-refractivity contribution in [2.24, 2.45) is 0 Å². The van der Waals surface area contributed by atoms with Gasteiger partial charge in [0.2, 0.25) is 0 Å². The molecule has 0 rings (SSSR count). The molecule has 0 saturated heterocycles. The Kier molecular flexibility index (Phi) is 3.12. The number of allylic oxidation sites excluding steroid dienone is 1. The normalized spacial score (nSPS) is 12.4. The molecule has 0 aliphatic carbocycles. The summed E-state index contributed by atoms with van der Waals surface area (Å²) in [6, 6.07) is 0. The van der Waals surface area contributed by atoms with Gasteiger partial charge >= 0.3 is 6.18 Å². The second-order valence-electron chi connectivity index (χ2n) is 1.43. The zero-order valence-corrected chi connectivity index (χ0v) is 5.00. The van der Waals surface area contributed by atoms with Crippen molar-refractivity contribution in [3.05, 3.63) is 12.3 Å². The smallest absolute Gasteiger partial charge is 0.391 e. The average molecular weight is 139 g/mol. The highest BCUT2D eigenvalue weighted by Gasteiger charge is 2.21. The molecule has 0 atom stereocenters. The van der Waals surface area contributed by atoms with Gasteiger partial charge in [0.15, 0.2) is 0 Å². The lowest BCUT2D eigenvalue weighted by atomic mass is 10.6. The zero-order valence-electron chi connectivity index (χ0n) is 5.00. The van der Waals surface area contributed by atoms with Crippen LogP contribution in [-0.2, 0) is 0 Å². The molecule has 0 aromatic heterocycles. The number of hydrogen-bond donors (Lipinski definition) is 1. The summed E-state index contributed by atoms with van der Waals surface area (Å²) < 4.78 is 33.8. The molecule has 0 bridgehead atoms. The van der Waals surface area contributed by atoms with E-state index >= 15 is 0 Å². The Morgan fingerprint density at radius 1 is 1.44 bits per heavy atom. The molecule has 0 unspecified atom stereocenters. The van der Waals surface area contributed by atoms with Gasteiger partial charge in [0, 0.05) is 18.8 Å². The van der Waals surface area contributed by atoms with Crippen LogP contribution >= 0.6 is 0 Å². The fraction of sp³-hybridized carbons (Fsp3) is 0.600. The zero-order chi connectivity index (χ0) is 7.33. The van der Waals surface area contributed by atoms with E-state index in [0.717, 1.165) is 6.20 Å². The SMILES string of the molecule is CCN/C=C/C(F)(F)F. The molecule has 1 nitrogen and oxygen atoms in total. The highest BCUT2D eigenvalue weighted by molar-refractivity contribution is 4.86. The van der Waals surface area contributed by atoms with Crippen molar-refractivity contribution in [2.45, 2.75) is 13.1 Å². The van der Waals surface area contributed by atoms with Crippen LogP contribution in [0, 0.1) is 0 Å². The minimum Gasteiger partial charge on any atom is -0.391 e. The Hall–Kier alpha value is -0.670. The third-order valence-corrected chi connectivity index (χ3v) is 0.594. The summed E-state index contributed by atoms with van der Waals surface area (Å²) in [6.45, 7) is 2.23. The summed E-state index contributed by atoms with van der Waals surface area (Å²) in [5, 5.41) is 2.40. The Labute approximate surface area is 51.6 Å². The molecule has 54 valence electrons. The van der Waals surface area contributed by atoms with Crippen LogP contribution in [0.3, 0.4) is 0 Å². The Morgan fingerprint density at radius 3 is 2.33 bits per heavy atom. The molecule has 0 fully saturated rings. The minimum atomic E-state index is -4.19. The molecule has 0 amide bonds. The molecule has 0 radical (unpaired) electrons. The third-order valence-electron chi connectivity index (χ3n) is 0.594. The summed E-state index contributed by atoms with van der Waals surface area (Å²) in [6.07, 6.45) is -3.14. The van der Waals surface area contributed by atoms with Crippen molar-refractivity contribution in [1.82, 2.24) is 5.32 Å². The van der Waals surface area contributed by atoms with E-state index in [1.807, 2.05) is 0 Å². The van der Waals surface area contributed by atoms with Crippen molar-refractivity contribution in [2.75, 3.05) is 6.54 Å².